The van der Waals surface area contributed by atoms with Gasteiger partial charge in [0.2, 0.25) is 0 Å². The molecule has 1 aliphatic rings. The normalized spacial score (nSPS) is 17.2. The van der Waals surface area contributed by atoms with Gasteiger partial charge in [-0.05, 0) is 24.5 Å². The van der Waals surface area contributed by atoms with Crippen LogP contribution in [0.5, 0.6) is 0 Å². The minimum absolute atomic E-state index is 0.287. The van der Waals surface area contributed by atoms with Crippen molar-refractivity contribution in [1.29, 1.82) is 0 Å². The monoisotopic (exact) mass is 347 g/mol. The van der Waals surface area contributed by atoms with Crippen LogP contribution >= 0.6 is 0 Å². The number of rotatable bonds is 4. The first-order valence-electron chi connectivity index (χ1n) is 8.81. The fourth-order valence-corrected chi connectivity index (χ4v) is 3.58. The van der Waals surface area contributed by atoms with E-state index in [0.717, 1.165) is 48.7 Å². The minimum Gasteiger partial charge on any atom is -0.370 e. The number of amides is 1. The molecule has 1 amide bonds. The van der Waals surface area contributed by atoms with E-state index in [1.54, 1.807) is 12.4 Å². The Morgan fingerprint density at radius 3 is 2.85 bits per heavy atom. The van der Waals surface area contributed by atoms with Crippen LogP contribution in [0.2, 0.25) is 0 Å². The number of carbonyl (C=O) groups excluding carboxylic acids is 1. The molecule has 1 aromatic carbocycles. The summed E-state index contributed by atoms with van der Waals surface area (Å²) in [4.78, 5) is 26.0. The van der Waals surface area contributed by atoms with Gasteiger partial charge in [0.25, 0.3) is 5.91 Å². The number of nitrogens with two attached hydrogens (primary N) is 1. The van der Waals surface area contributed by atoms with Crippen LogP contribution in [0, 0.1) is 0 Å². The molecule has 0 aliphatic carbocycles. The quantitative estimate of drug-likeness (QED) is 0.759. The predicted octanol–water partition coefficient (Wildman–Crippen LogP) is 2.95. The van der Waals surface area contributed by atoms with E-state index in [0.29, 0.717) is 5.56 Å². The minimum atomic E-state index is -0.445. The van der Waals surface area contributed by atoms with Crippen molar-refractivity contribution < 1.29 is 4.79 Å². The molecule has 1 aliphatic heterocycles. The van der Waals surface area contributed by atoms with Crippen LogP contribution in [-0.4, -0.2) is 33.9 Å². The number of benzene rings is 1. The van der Waals surface area contributed by atoms with Crippen molar-refractivity contribution in [2.75, 3.05) is 18.0 Å². The summed E-state index contributed by atoms with van der Waals surface area (Å²) in [5.74, 6) is 0.831. The molecule has 0 bridgehead atoms. The predicted molar refractivity (Wildman–Crippen MR) is 101 cm³/mol. The first-order chi connectivity index (χ1) is 12.7. The van der Waals surface area contributed by atoms with Crippen LogP contribution in [0.4, 0.5) is 5.69 Å². The molecule has 6 heteroatoms. The Bertz CT molecular complexity index is 905. The van der Waals surface area contributed by atoms with Gasteiger partial charge < -0.3 is 15.6 Å². The van der Waals surface area contributed by atoms with Crippen LogP contribution in [0.15, 0.2) is 55.0 Å². The number of hydrogen-bond acceptors (Lipinski definition) is 4. The van der Waals surface area contributed by atoms with E-state index in [4.69, 9.17) is 5.73 Å². The highest BCUT2D eigenvalue weighted by atomic mass is 16.1. The summed E-state index contributed by atoms with van der Waals surface area (Å²) in [6, 6.07) is 12.0. The number of nitrogens with zero attached hydrogens (tertiary/aromatic N) is 3. The number of imidazole rings is 1. The molecule has 1 unspecified atom stereocenters. The van der Waals surface area contributed by atoms with E-state index in [9.17, 15) is 4.79 Å². The molecule has 6 nitrogen and oxygen atoms in total. The maximum atomic E-state index is 11.7. The number of aromatic amines is 1. The van der Waals surface area contributed by atoms with Crippen molar-refractivity contribution in [3.05, 3.63) is 66.4 Å². The molecule has 0 spiro atoms. The molecule has 1 saturated heterocycles. The van der Waals surface area contributed by atoms with Crippen LogP contribution < -0.4 is 10.6 Å². The van der Waals surface area contributed by atoms with E-state index >= 15 is 0 Å². The van der Waals surface area contributed by atoms with Crippen molar-refractivity contribution in [2.45, 2.75) is 18.8 Å². The Hall–Kier alpha value is -3.15. The van der Waals surface area contributed by atoms with Crippen LogP contribution in [-0.2, 0) is 0 Å². The summed E-state index contributed by atoms with van der Waals surface area (Å²) in [5.41, 5.74) is 8.99. The molecule has 26 heavy (non-hydrogen) atoms. The molecular weight excluding hydrogens is 326 g/mol. The van der Waals surface area contributed by atoms with Crippen LogP contribution in [0.3, 0.4) is 0 Å². The zero-order valence-corrected chi connectivity index (χ0v) is 14.4. The fourth-order valence-electron chi connectivity index (χ4n) is 3.58. The third-order valence-corrected chi connectivity index (χ3v) is 4.89. The van der Waals surface area contributed by atoms with Gasteiger partial charge in [0.1, 0.15) is 5.82 Å². The van der Waals surface area contributed by atoms with Crippen molar-refractivity contribution in [1.82, 2.24) is 15.0 Å². The second-order valence-electron chi connectivity index (χ2n) is 6.59. The summed E-state index contributed by atoms with van der Waals surface area (Å²) >= 11 is 0. The van der Waals surface area contributed by atoms with Crippen molar-refractivity contribution in [2.24, 2.45) is 5.73 Å². The maximum Gasteiger partial charge on any atom is 0.252 e. The van der Waals surface area contributed by atoms with Gasteiger partial charge >= 0.3 is 0 Å². The summed E-state index contributed by atoms with van der Waals surface area (Å²) in [5, 5.41) is 0. The second kappa shape index (κ2) is 7.00. The number of H-pyrrole nitrogens is 1. The first kappa shape index (κ1) is 16.3. The lowest BCUT2D eigenvalue weighted by molar-refractivity contribution is 0.100. The molecule has 2 aromatic heterocycles. The number of primary amides is 1. The van der Waals surface area contributed by atoms with Gasteiger partial charge in [0.15, 0.2) is 0 Å². The zero-order chi connectivity index (χ0) is 17.9. The van der Waals surface area contributed by atoms with E-state index in [1.165, 1.54) is 0 Å². The van der Waals surface area contributed by atoms with Gasteiger partial charge in [-0.15, -0.1) is 0 Å². The maximum absolute atomic E-state index is 11.7. The lowest BCUT2D eigenvalue weighted by Crippen LogP contribution is -2.36. The van der Waals surface area contributed by atoms with E-state index in [1.807, 2.05) is 30.5 Å². The van der Waals surface area contributed by atoms with E-state index in [2.05, 4.69) is 32.0 Å². The highest BCUT2D eigenvalue weighted by Gasteiger charge is 2.26. The van der Waals surface area contributed by atoms with Gasteiger partial charge in [-0.3, -0.25) is 9.78 Å². The Kier molecular flexibility index (Phi) is 4.39. The number of piperidine rings is 1. The molecule has 3 N–H and O–H groups in total. The van der Waals surface area contributed by atoms with E-state index in [-0.39, 0.29) is 5.92 Å². The summed E-state index contributed by atoms with van der Waals surface area (Å²) in [6.07, 6.45) is 7.24. The zero-order valence-electron chi connectivity index (χ0n) is 14.4. The van der Waals surface area contributed by atoms with Crippen LogP contribution in [0.1, 0.15) is 34.9 Å². The number of aromatic nitrogens is 3. The van der Waals surface area contributed by atoms with Crippen LogP contribution in [0.25, 0.3) is 11.3 Å². The number of hydrogen-bond donors (Lipinski definition) is 2. The molecule has 3 aromatic rings. The number of carbonyl (C=O) groups is 1. The Balaban J connectivity index is 1.57. The molecule has 0 radical (unpaired) electrons. The number of pyridine rings is 1. The molecule has 1 fully saturated rings. The fraction of sp³-hybridized carbons (Fsp3) is 0.250. The number of anilines is 1. The molecule has 0 saturated carbocycles. The number of nitrogens with one attached hydrogen (secondary N) is 1. The average Bonchev–Trinajstić information content (AvgIpc) is 3.19. The Labute approximate surface area is 152 Å². The lowest BCUT2D eigenvalue weighted by Gasteiger charge is -2.34. The SMILES string of the molecule is NC(=O)c1cnccc1N1CCCC(c2ncc(-c3ccccc3)[nH]2)C1. The lowest BCUT2D eigenvalue weighted by atomic mass is 9.96. The highest BCUT2D eigenvalue weighted by molar-refractivity contribution is 5.98. The van der Waals surface area contributed by atoms with Crippen molar-refractivity contribution >= 4 is 11.6 Å². The second-order valence-corrected chi connectivity index (χ2v) is 6.59. The van der Waals surface area contributed by atoms with Gasteiger partial charge in [-0.2, -0.15) is 0 Å². The van der Waals surface area contributed by atoms with Gasteiger partial charge in [0, 0.05) is 31.4 Å². The summed E-state index contributed by atoms with van der Waals surface area (Å²) in [7, 11) is 0. The van der Waals surface area contributed by atoms with Gasteiger partial charge in [-0.25, -0.2) is 4.98 Å². The third-order valence-electron chi connectivity index (χ3n) is 4.89. The summed E-state index contributed by atoms with van der Waals surface area (Å²) < 4.78 is 0. The van der Waals surface area contributed by atoms with Gasteiger partial charge in [-0.1, -0.05) is 30.3 Å². The standard InChI is InChI=1S/C20H21N5O/c21-19(26)16-11-22-9-8-18(16)25-10-4-7-15(13-25)20-23-12-17(24-20)14-5-2-1-3-6-14/h1-3,5-6,8-9,11-12,15H,4,7,10,13H2,(H2,21,26)(H,23,24). The highest BCUT2D eigenvalue weighted by Crippen LogP contribution is 2.31. The Morgan fingerprint density at radius 2 is 2.04 bits per heavy atom. The van der Waals surface area contributed by atoms with E-state index < -0.39 is 5.91 Å². The Morgan fingerprint density at radius 1 is 1.19 bits per heavy atom. The van der Waals surface area contributed by atoms with Crippen molar-refractivity contribution in [3.8, 4) is 11.3 Å². The topological polar surface area (TPSA) is 87.9 Å². The average molecular weight is 347 g/mol. The van der Waals surface area contributed by atoms with Gasteiger partial charge in [0.05, 0.1) is 23.1 Å². The molecule has 3 heterocycles. The van der Waals surface area contributed by atoms with Crippen molar-refractivity contribution in [3.63, 3.8) is 0 Å². The molecular formula is C20H21N5O. The molecule has 4 rings (SSSR count). The molecule has 1 atom stereocenters. The smallest absolute Gasteiger partial charge is 0.252 e. The molecule has 132 valence electrons. The summed E-state index contributed by atoms with van der Waals surface area (Å²) in [6.45, 7) is 1.69. The largest absolute Gasteiger partial charge is 0.370 e. The third kappa shape index (κ3) is 3.18. The first-order valence-corrected chi connectivity index (χ1v) is 8.81.